The fraction of sp³-hybridized carbons (Fsp3) is 0.562. The molecule has 0 heterocycles. The average molecular weight is 278 g/mol. The quantitative estimate of drug-likeness (QED) is 0.587. The lowest BCUT2D eigenvalue weighted by atomic mass is 10.2. The Labute approximate surface area is 121 Å². The van der Waals surface area contributed by atoms with E-state index in [1.54, 1.807) is 24.3 Å². The molecule has 2 N–H and O–H groups in total. The predicted molar refractivity (Wildman–Crippen MR) is 82.8 cm³/mol. The summed E-state index contributed by atoms with van der Waals surface area (Å²) in [5.41, 5.74) is 6.79. The zero-order chi connectivity index (χ0) is 15.0. The SMILES string of the molecule is CCN(CC)CCCC(C)OC(=O)c1ccc(N)cc1. The number of esters is 1. The van der Waals surface area contributed by atoms with E-state index in [1.807, 2.05) is 6.92 Å². The van der Waals surface area contributed by atoms with Crippen LogP contribution in [-0.4, -0.2) is 36.6 Å². The summed E-state index contributed by atoms with van der Waals surface area (Å²) >= 11 is 0. The molecule has 0 aliphatic heterocycles. The van der Waals surface area contributed by atoms with Gasteiger partial charge in [0.05, 0.1) is 11.7 Å². The molecule has 0 bridgehead atoms. The van der Waals surface area contributed by atoms with E-state index in [0.29, 0.717) is 11.3 Å². The Bertz CT molecular complexity index is 399. The van der Waals surface area contributed by atoms with Crippen LogP contribution in [0.5, 0.6) is 0 Å². The van der Waals surface area contributed by atoms with Crippen LogP contribution >= 0.6 is 0 Å². The first-order valence-electron chi connectivity index (χ1n) is 7.35. The largest absolute Gasteiger partial charge is 0.459 e. The zero-order valence-electron chi connectivity index (χ0n) is 12.8. The van der Waals surface area contributed by atoms with Crippen molar-refractivity contribution in [2.75, 3.05) is 25.4 Å². The minimum absolute atomic E-state index is 0.0596. The molecule has 0 aliphatic rings. The van der Waals surface area contributed by atoms with Crippen molar-refractivity contribution < 1.29 is 9.53 Å². The molecule has 1 rings (SSSR count). The van der Waals surface area contributed by atoms with Crippen molar-refractivity contribution in [3.05, 3.63) is 29.8 Å². The molecule has 0 radical (unpaired) electrons. The van der Waals surface area contributed by atoms with E-state index in [9.17, 15) is 4.79 Å². The summed E-state index contributed by atoms with van der Waals surface area (Å²) in [6, 6.07) is 6.81. The van der Waals surface area contributed by atoms with E-state index >= 15 is 0 Å². The maximum atomic E-state index is 11.9. The van der Waals surface area contributed by atoms with Crippen LogP contribution in [0.4, 0.5) is 5.69 Å². The van der Waals surface area contributed by atoms with E-state index in [2.05, 4.69) is 18.7 Å². The first kappa shape index (κ1) is 16.5. The highest BCUT2D eigenvalue weighted by Crippen LogP contribution is 2.10. The van der Waals surface area contributed by atoms with Gasteiger partial charge in [-0.3, -0.25) is 0 Å². The van der Waals surface area contributed by atoms with Gasteiger partial charge in [-0.2, -0.15) is 0 Å². The molecule has 0 aliphatic carbocycles. The second-order valence-electron chi connectivity index (χ2n) is 5.01. The fourth-order valence-corrected chi connectivity index (χ4v) is 2.07. The van der Waals surface area contributed by atoms with Gasteiger partial charge in [-0.15, -0.1) is 0 Å². The first-order valence-corrected chi connectivity index (χ1v) is 7.35. The average Bonchev–Trinajstić information content (AvgIpc) is 2.44. The summed E-state index contributed by atoms with van der Waals surface area (Å²) in [5.74, 6) is -0.277. The van der Waals surface area contributed by atoms with Crippen molar-refractivity contribution in [2.45, 2.75) is 39.7 Å². The molecule has 0 fully saturated rings. The summed E-state index contributed by atoms with van der Waals surface area (Å²) in [5, 5.41) is 0. The maximum Gasteiger partial charge on any atom is 0.338 e. The molecule has 1 aromatic rings. The highest BCUT2D eigenvalue weighted by molar-refractivity contribution is 5.89. The van der Waals surface area contributed by atoms with Crippen LogP contribution in [0, 0.1) is 0 Å². The lowest BCUT2D eigenvalue weighted by Gasteiger charge is -2.19. The third-order valence-electron chi connectivity index (χ3n) is 3.43. The normalized spacial score (nSPS) is 12.4. The molecule has 1 unspecified atom stereocenters. The lowest BCUT2D eigenvalue weighted by molar-refractivity contribution is 0.0315. The Morgan fingerprint density at radius 3 is 2.40 bits per heavy atom. The number of hydrogen-bond donors (Lipinski definition) is 1. The van der Waals surface area contributed by atoms with E-state index in [-0.39, 0.29) is 12.1 Å². The summed E-state index contributed by atoms with van der Waals surface area (Å²) < 4.78 is 5.43. The number of nitrogens with zero attached hydrogens (tertiary/aromatic N) is 1. The number of carbonyl (C=O) groups excluding carboxylic acids is 1. The highest BCUT2D eigenvalue weighted by atomic mass is 16.5. The number of carbonyl (C=O) groups is 1. The smallest absolute Gasteiger partial charge is 0.338 e. The Morgan fingerprint density at radius 1 is 1.25 bits per heavy atom. The Morgan fingerprint density at radius 2 is 1.85 bits per heavy atom. The number of nitrogen functional groups attached to an aromatic ring is 1. The minimum Gasteiger partial charge on any atom is -0.459 e. The van der Waals surface area contributed by atoms with E-state index in [1.165, 1.54) is 0 Å². The fourth-order valence-electron chi connectivity index (χ4n) is 2.07. The van der Waals surface area contributed by atoms with Crippen molar-refractivity contribution in [1.29, 1.82) is 0 Å². The number of rotatable bonds is 8. The maximum absolute atomic E-state index is 11.9. The van der Waals surface area contributed by atoms with Crippen LogP contribution in [0.2, 0.25) is 0 Å². The van der Waals surface area contributed by atoms with Crippen molar-refractivity contribution in [2.24, 2.45) is 0 Å². The van der Waals surface area contributed by atoms with Gasteiger partial charge in [0.25, 0.3) is 0 Å². The minimum atomic E-state index is -0.277. The first-order chi connectivity index (χ1) is 9.56. The number of nitrogens with two attached hydrogens (primary N) is 1. The van der Waals surface area contributed by atoms with Gasteiger partial charge in [0.1, 0.15) is 0 Å². The number of benzene rings is 1. The Kier molecular flexibility index (Phi) is 7.09. The summed E-state index contributed by atoms with van der Waals surface area (Å²) in [4.78, 5) is 14.3. The van der Waals surface area contributed by atoms with Gasteiger partial charge in [-0.05, 0) is 63.7 Å². The number of hydrogen-bond acceptors (Lipinski definition) is 4. The van der Waals surface area contributed by atoms with Crippen LogP contribution in [0.25, 0.3) is 0 Å². The molecule has 0 aromatic heterocycles. The number of ether oxygens (including phenoxy) is 1. The molecular weight excluding hydrogens is 252 g/mol. The van der Waals surface area contributed by atoms with Crippen LogP contribution in [0.1, 0.15) is 44.0 Å². The number of anilines is 1. The van der Waals surface area contributed by atoms with Crippen LogP contribution in [0.15, 0.2) is 24.3 Å². The van der Waals surface area contributed by atoms with Crippen molar-refractivity contribution in [3.8, 4) is 0 Å². The second-order valence-corrected chi connectivity index (χ2v) is 5.01. The summed E-state index contributed by atoms with van der Waals surface area (Å²) in [7, 11) is 0. The van der Waals surface area contributed by atoms with Gasteiger partial charge in [0.15, 0.2) is 0 Å². The van der Waals surface area contributed by atoms with Gasteiger partial charge in [0.2, 0.25) is 0 Å². The monoisotopic (exact) mass is 278 g/mol. The Hall–Kier alpha value is -1.55. The van der Waals surface area contributed by atoms with Crippen LogP contribution in [-0.2, 0) is 4.74 Å². The highest BCUT2D eigenvalue weighted by Gasteiger charge is 2.12. The van der Waals surface area contributed by atoms with Gasteiger partial charge in [0, 0.05) is 5.69 Å². The molecule has 20 heavy (non-hydrogen) atoms. The van der Waals surface area contributed by atoms with Gasteiger partial charge in [-0.1, -0.05) is 13.8 Å². The third kappa shape index (κ3) is 5.61. The molecule has 0 saturated carbocycles. The van der Waals surface area contributed by atoms with Crippen molar-refractivity contribution in [1.82, 2.24) is 4.90 Å². The topological polar surface area (TPSA) is 55.6 Å². The van der Waals surface area contributed by atoms with Gasteiger partial charge < -0.3 is 15.4 Å². The van der Waals surface area contributed by atoms with E-state index in [4.69, 9.17) is 10.5 Å². The molecule has 1 atom stereocenters. The molecule has 0 spiro atoms. The summed E-state index contributed by atoms with van der Waals surface area (Å²) in [6.45, 7) is 9.45. The van der Waals surface area contributed by atoms with Crippen molar-refractivity contribution in [3.63, 3.8) is 0 Å². The van der Waals surface area contributed by atoms with Gasteiger partial charge in [-0.25, -0.2) is 4.79 Å². The molecule has 0 amide bonds. The molecule has 1 aromatic carbocycles. The third-order valence-corrected chi connectivity index (χ3v) is 3.43. The molecule has 4 heteroatoms. The molecule has 4 nitrogen and oxygen atoms in total. The standard InChI is InChI=1S/C16H26N2O2/c1-4-18(5-2)12-6-7-13(3)20-16(19)14-8-10-15(17)11-9-14/h8-11,13H,4-7,12,17H2,1-3H3. The second kappa shape index (κ2) is 8.59. The van der Waals surface area contributed by atoms with E-state index in [0.717, 1.165) is 32.5 Å². The van der Waals surface area contributed by atoms with Crippen LogP contribution < -0.4 is 5.73 Å². The lowest BCUT2D eigenvalue weighted by Crippen LogP contribution is -2.25. The Balaban J connectivity index is 2.33. The van der Waals surface area contributed by atoms with Crippen LogP contribution in [0.3, 0.4) is 0 Å². The molecule has 112 valence electrons. The summed E-state index contributed by atoms with van der Waals surface area (Å²) in [6.07, 6.45) is 1.87. The van der Waals surface area contributed by atoms with Crippen molar-refractivity contribution >= 4 is 11.7 Å². The molecule has 0 saturated heterocycles. The van der Waals surface area contributed by atoms with E-state index < -0.39 is 0 Å². The predicted octanol–water partition coefficient (Wildman–Crippen LogP) is 2.94. The zero-order valence-corrected chi connectivity index (χ0v) is 12.8. The molecular formula is C16H26N2O2. The van der Waals surface area contributed by atoms with Gasteiger partial charge >= 0.3 is 5.97 Å².